The van der Waals surface area contributed by atoms with Crippen molar-refractivity contribution in [3.8, 4) is 0 Å². The molecule has 0 aromatic heterocycles. The summed E-state index contributed by atoms with van der Waals surface area (Å²) in [5.41, 5.74) is 3.04. The number of piperidine rings is 1. The summed E-state index contributed by atoms with van der Waals surface area (Å²) in [5, 5.41) is 0.672. The summed E-state index contributed by atoms with van der Waals surface area (Å²) in [6, 6.07) is 28.2. The Balaban J connectivity index is 1.19. The third-order valence-electron chi connectivity index (χ3n) is 9.25. The predicted molar refractivity (Wildman–Crippen MR) is 172 cm³/mol. The Morgan fingerprint density at radius 3 is 2.19 bits per heavy atom. The second kappa shape index (κ2) is 14.9. The fourth-order valence-electron chi connectivity index (χ4n) is 6.89. The van der Waals surface area contributed by atoms with Crippen LogP contribution in [0.15, 0.2) is 84.9 Å². The molecule has 228 valence electrons. The number of carbonyl (C=O) groups excluding carboxylic acids is 2. The molecule has 5 rings (SSSR count). The van der Waals surface area contributed by atoms with Gasteiger partial charge in [0.2, 0.25) is 0 Å². The number of carbonyl (C=O) groups is 2. The highest BCUT2D eigenvalue weighted by Crippen LogP contribution is 2.42. The number of halogens is 1. The highest BCUT2D eigenvalue weighted by molar-refractivity contribution is 6.30. The van der Waals surface area contributed by atoms with Crippen LogP contribution in [0.4, 0.5) is 4.79 Å². The van der Waals surface area contributed by atoms with Crippen LogP contribution in [0.25, 0.3) is 0 Å². The van der Waals surface area contributed by atoms with E-state index >= 15 is 0 Å². The van der Waals surface area contributed by atoms with Gasteiger partial charge in [-0.15, -0.1) is 0 Å². The van der Waals surface area contributed by atoms with Crippen molar-refractivity contribution in [1.82, 2.24) is 14.7 Å². The van der Waals surface area contributed by atoms with Gasteiger partial charge < -0.3 is 19.4 Å². The van der Waals surface area contributed by atoms with Gasteiger partial charge in [-0.1, -0.05) is 79.2 Å². The van der Waals surface area contributed by atoms with Crippen LogP contribution in [0.2, 0.25) is 5.02 Å². The predicted octanol–water partition coefficient (Wildman–Crippen LogP) is 7.49. The Labute approximate surface area is 261 Å². The van der Waals surface area contributed by atoms with Crippen LogP contribution in [0.5, 0.6) is 0 Å². The number of benzene rings is 3. The molecule has 7 heteroatoms. The molecule has 0 bridgehead atoms. The molecule has 1 aliphatic heterocycles. The molecule has 0 radical (unpaired) electrons. The van der Waals surface area contributed by atoms with E-state index in [0.29, 0.717) is 23.4 Å². The van der Waals surface area contributed by atoms with Crippen LogP contribution < -0.4 is 0 Å². The molecule has 2 fully saturated rings. The smallest absolute Gasteiger partial charge is 0.410 e. The van der Waals surface area contributed by atoms with Gasteiger partial charge in [0.25, 0.3) is 5.91 Å². The fourth-order valence-corrected chi connectivity index (χ4v) is 7.02. The lowest BCUT2D eigenvalue weighted by Crippen LogP contribution is -2.48. The fraction of sp³-hybridized carbons (Fsp3) is 0.444. The van der Waals surface area contributed by atoms with Crippen molar-refractivity contribution in [1.29, 1.82) is 0 Å². The Morgan fingerprint density at radius 1 is 0.884 bits per heavy atom. The largest absolute Gasteiger partial charge is 0.445 e. The average molecular weight is 602 g/mol. The van der Waals surface area contributed by atoms with Crippen LogP contribution in [-0.2, 0) is 11.3 Å². The molecule has 3 aromatic carbocycles. The van der Waals surface area contributed by atoms with Gasteiger partial charge in [-0.2, -0.15) is 0 Å². The maximum atomic E-state index is 13.3. The Bertz CT molecular complexity index is 1310. The van der Waals surface area contributed by atoms with E-state index in [1.807, 2.05) is 71.4 Å². The highest BCUT2D eigenvalue weighted by Gasteiger charge is 2.40. The molecule has 0 spiro atoms. The molecule has 1 aliphatic carbocycles. The summed E-state index contributed by atoms with van der Waals surface area (Å²) in [4.78, 5) is 32.9. The Hall–Kier alpha value is -3.35. The van der Waals surface area contributed by atoms with E-state index < -0.39 is 0 Å². The van der Waals surface area contributed by atoms with E-state index in [2.05, 4.69) is 42.2 Å². The molecule has 2 aliphatic rings. The first-order valence-corrected chi connectivity index (χ1v) is 16.1. The van der Waals surface area contributed by atoms with E-state index in [0.717, 1.165) is 62.9 Å². The number of nitrogens with zero attached hydrogens (tertiary/aromatic N) is 3. The minimum absolute atomic E-state index is 0.0952. The number of amides is 2. The third-order valence-corrected chi connectivity index (χ3v) is 9.50. The molecule has 1 heterocycles. The van der Waals surface area contributed by atoms with E-state index in [9.17, 15) is 9.59 Å². The number of hydrogen-bond acceptors (Lipinski definition) is 4. The van der Waals surface area contributed by atoms with Crippen LogP contribution in [0.1, 0.15) is 66.4 Å². The summed E-state index contributed by atoms with van der Waals surface area (Å²) in [6.45, 7) is 5.97. The van der Waals surface area contributed by atoms with Crippen LogP contribution in [0.3, 0.4) is 0 Å². The number of likely N-dealkylation sites (tertiary alicyclic amines) is 1. The van der Waals surface area contributed by atoms with E-state index in [4.69, 9.17) is 16.3 Å². The van der Waals surface area contributed by atoms with Gasteiger partial charge in [-0.25, -0.2) is 4.79 Å². The minimum Gasteiger partial charge on any atom is -0.445 e. The molecule has 1 saturated heterocycles. The van der Waals surface area contributed by atoms with Gasteiger partial charge in [0, 0.05) is 55.9 Å². The van der Waals surface area contributed by atoms with Crippen molar-refractivity contribution >= 4 is 23.6 Å². The molecule has 43 heavy (non-hydrogen) atoms. The van der Waals surface area contributed by atoms with Crippen molar-refractivity contribution in [3.63, 3.8) is 0 Å². The standard InChI is InChI=1S/C36H44ClN3O3/c1-3-20-40(36(42)43-26-27-14-16-31(37)17-15-27)32-18-21-39(22-19-32)25-30-23-33(24-34(30)28-10-6-4-7-11-28)38(2)35(41)29-12-8-5-9-13-29/h4-17,30,32-34H,3,18-26H2,1-2H3. The van der Waals surface area contributed by atoms with Gasteiger partial charge in [-0.3, -0.25) is 4.79 Å². The molecular formula is C36H44ClN3O3. The topological polar surface area (TPSA) is 53.1 Å². The Kier molecular flexibility index (Phi) is 10.8. The first-order valence-electron chi connectivity index (χ1n) is 15.7. The lowest BCUT2D eigenvalue weighted by molar-refractivity contribution is 0.0572. The van der Waals surface area contributed by atoms with Crippen molar-refractivity contribution < 1.29 is 14.3 Å². The molecular weight excluding hydrogens is 558 g/mol. The maximum absolute atomic E-state index is 13.3. The van der Waals surface area contributed by atoms with Gasteiger partial charge in [-0.05, 0) is 79.3 Å². The van der Waals surface area contributed by atoms with E-state index in [-0.39, 0.29) is 30.7 Å². The monoisotopic (exact) mass is 601 g/mol. The summed E-state index contributed by atoms with van der Waals surface area (Å²) in [7, 11) is 1.96. The van der Waals surface area contributed by atoms with Crippen molar-refractivity contribution in [2.45, 2.75) is 63.6 Å². The van der Waals surface area contributed by atoms with Crippen LogP contribution in [0, 0.1) is 5.92 Å². The normalized spacial score (nSPS) is 21.0. The zero-order valence-electron chi connectivity index (χ0n) is 25.4. The molecule has 0 N–H and O–H groups in total. The minimum atomic E-state index is -0.232. The summed E-state index contributed by atoms with van der Waals surface area (Å²) in [5.74, 6) is 0.971. The molecule has 3 unspecified atom stereocenters. The second-order valence-electron chi connectivity index (χ2n) is 12.1. The number of ether oxygens (including phenoxy) is 1. The lowest BCUT2D eigenvalue weighted by atomic mass is 9.88. The summed E-state index contributed by atoms with van der Waals surface area (Å²) in [6.07, 6.45) is 4.51. The summed E-state index contributed by atoms with van der Waals surface area (Å²) < 4.78 is 5.72. The third kappa shape index (κ3) is 7.98. The first-order chi connectivity index (χ1) is 20.9. The molecule has 3 atom stereocenters. The first kappa shape index (κ1) is 31.1. The van der Waals surface area contributed by atoms with Gasteiger partial charge in [0.15, 0.2) is 0 Å². The van der Waals surface area contributed by atoms with Crippen LogP contribution in [-0.4, -0.2) is 72.0 Å². The molecule has 1 saturated carbocycles. The van der Waals surface area contributed by atoms with Crippen LogP contribution >= 0.6 is 11.6 Å². The van der Waals surface area contributed by atoms with Crippen molar-refractivity contribution in [3.05, 3.63) is 107 Å². The zero-order chi connectivity index (χ0) is 30.2. The SMILES string of the molecule is CCCN(C(=O)OCc1ccc(Cl)cc1)C1CCN(CC2CC(N(C)C(=O)c3ccccc3)CC2c2ccccc2)CC1. The zero-order valence-corrected chi connectivity index (χ0v) is 26.2. The summed E-state index contributed by atoms with van der Waals surface area (Å²) >= 11 is 5.99. The lowest BCUT2D eigenvalue weighted by Gasteiger charge is -2.39. The van der Waals surface area contributed by atoms with Crippen molar-refractivity contribution in [2.24, 2.45) is 5.92 Å². The Morgan fingerprint density at radius 2 is 1.53 bits per heavy atom. The quantitative estimate of drug-likeness (QED) is 0.242. The van der Waals surface area contributed by atoms with Gasteiger partial charge in [0.1, 0.15) is 6.61 Å². The van der Waals surface area contributed by atoms with Crippen molar-refractivity contribution in [2.75, 3.05) is 33.2 Å². The van der Waals surface area contributed by atoms with Gasteiger partial charge >= 0.3 is 6.09 Å². The van der Waals surface area contributed by atoms with Gasteiger partial charge in [0.05, 0.1) is 0 Å². The molecule has 6 nitrogen and oxygen atoms in total. The number of rotatable bonds is 10. The molecule has 3 aromatic rings. The van der Waals surface area contributed by atoms with E-state index in [1.165, 1.54) is 5.56 Å². The molecule has 2 amide bonds. The second-order valence-corrected chi connectivity index (χ2v) is 12.5. The average Bonchev–Trinajstić information content (AvgIpc) is 3.47. The maximum Gasteiger partial charge on any atom is 0.410 e. The van der Waals surface area contributed by atoms with E-state index in [1.54, 1.807) is 0 Å². The highest BCUT2D eigenvalue weighted by atomic mass is 35.5. The number of hydrogen-bond donors (Lipinski definition) is 0.